The molecule has 0 bridgehead atoms. The van der Waals surface area contributed by atoms with Gasteiger partial charge in [-0.05, 0) is 38.5 Å². The summed E-state index contributed by atoms with van der Waals surface area (Å²) in [7, 11) is 0. The van der Waals surface area contributed by atoms with E-state index < -0.39 is 4.92 Å². The average molecular weight is 369 g/mol. The number of hydrogen-bond acceptors (Lipinski definition) is 6. The Morgan fingerprint density at radius 3 is 2.52 bits per heavy atom. The van der Waals surface area contributed by atoms with Crippen molar-refractivity contribution < 1.29 is 14.2 Å². The molecule has 1 amide bonds. The number of carbonyl (C=O) groups is 1. The van der Waals surface area contributed by atoms with E-state index in [9.17, 15) is 14.9 Å². The Bertz CT molecular complexity index is 988. The second-order valence-corrected chi connectivity index (χ2v) is 6.24. The van der Waals surface area contributed by atoms with Gasteiger partial charge in [-0.25, -0.2) is 0 Å². The number of nitrogens with one attached hydrogen (secondary N) is 1. The topological polar surface area (TPSA) is 116 Å². The van der Waals surface area contributed by atoms with Crippen LogP contribution in [0.4, 0.5) is 5.69 Å². The van der Waals surface area contributed by atoms with Crippen molar-refractivity contribution in [2.45, 2.75) is 33.9 Å². The third-order valence-corrected chi connectivity index (χ3v) is 4.18. The molecule has 9 nitrogen and oxygen atoms in total. The molecule has 0 saturated heterocycles. The van der Waals surface area contributed by atoms with Crippen LogP contribution < -0.4 is 5.32 Å². The molecule has 0 spiro atoms. The van der Waals surface area contributed by atoms with Gasteiger partial charge in [0.15, 0.2) is 0 Å². The molecule has 3 rings (SSSR count). The van der Waals surface area contributed by atoms with Gasteiger partial charge < -0.3 is 9.84 Å². The molecule has 2 aromatic heterocycles. The van der Waals surface area contributed by atoms with Crippen molar-refractivity contribution in [1.29, 1.82) is 0 Å². The van der Waals surface area contributed by atoms with Crippen LogP contribution in [0.5, 0.6) is 0 Å². The SMILES string of the molecule is Cc1cc(CNC(=O)c2ccc(Cn3nc(C)c([N+](=O)[O-])c3C)cc2)no1. The Hall–Kier alpha value is -3.49. The smallest absolute Gasteiger partial charge is 0.312 e. The minimum atomic E-state index is -0.419. The number of carbonyl (C=O) groups excluding carboxylic acids is 1. The van der Waals surface area contributed by atoms with Crippen LogP contribution in [-0.2, 0) is 13.1 Å². The highest BCUT2D eigenvalue weighted by molar-refractivity contribution is 5.94. The van der Waals surface area contributed by atoms with E-state index in [2.05, 4.69) is 15.6 Å². The van der Waals surface area contributed by atoms with Crippen LogP contribution in [0.3, 0.4) is 0 Å². The predicted octanol–water partition coefficient (Wildman–Crippen LogP) is 2.68. The Morgan fingerprint density at radius 1 is 1.26 bits per heavy atom. The Labute approximate surface area is 155 Å². The van der Waals surface area contributed by atoms with E-state index in [4.69, 9.17) is 4.52 Å². The van der Waals surface area contributed by atoms with Gasteiger partial charge >= 0.3 is 5.69 Å². The first kappa shape index (κ1) is 18.3. The van der Waals surface area contributed by atoms with Crippen molar-refractivity contribution >= 4 is 11.6 Å². The van der Waals surface area contributed by atoms with Crippen LogP contribution in [0.25, 0.3) is 0 Å². The lowest BCUT2D eigenvalue weighted by atomic mass is 10.1. The van der Waals surface area contributed by atoms with Gasteiger partial charge in [0.05, 0.1) is 18.0 Å². The van der Waals surface area contributed by atoms with Gasteiger partial charge in [0.1, 0.15) is 22.8 Å². The van der Waals surface area contributed by atoms with Gasteiger partial charge in [-0.2, -0.15) is 5.10 Å². The third kappa shape index (κ3) is 4.02. The van der Waals surface area contributed by atoms with Gasteiger partial charge in [0.2, 0.25) is 0 Å². The second-order valence-electron chi connectivity index (χ2n) is 6.24. The first-order chi connectivity index (χ1) is 12.8. The van der Waals surface area contributed by atoms with E-state index in [0.29, 0.717) is 35.0 Å². The predicted molar refractivity (Wildman–Crippen MR) is 96.3 cm³/mol. The summed E-state index contributed by atoms with van der Waals surface area (Å²) < 4.78 is 6.55. The van der Waals surface area contributed by atoms with Gasteiger partial charge in [0, 0.05) is 11.6 Å². The molecule has 2 heterocycles. The van der Waals surface area contributed by atoms with E-state index in [1.807, 2.05) is 0 Å². The van der Waals surface area contributed by atoms with Crippen LogP contribution in [0, 0.1) is 30.9 Å². The standard InChI is InChI=1S/C18H19N5O4/c1-11-8-16(21-27-11)9-19-18(24)15-6-4-14(5-7-15)10-22-13(3)17(23(25)26)12(2)20-22/h4-8H,9-10H2,1-3H3,(H,19,24). The van der Waals surface area contributed by atoms with E-state index in [1.54, 1.807) is 55.8 Å². The fraction of sp³-hybridized carbons (Fsp3) is 0.278. The summed E-state index contributed by atoms with van der Waals surface area (Å²) in [6.07, 6.45) is 0. The molecule has 3 aromatic rings. The Morgan fingerprint density at radius 2 is 1.96 bits per heavy atom. The number of benzene rings is 1. The molecule has 140 valence electrons. The third-order valence-electron chi connectivity index (χ3n) is 4.18. The summed E-state index contributed by atoms with van der Waals surface area (Å²) in [4.78, 5) is 22.9. The molecule has 1 aromatic carbocycles. The summed E-state index contributed by atoms with van der Waals surface area (Å²) in [6.45, 7) is 5.75. The van der Waals surface area contributed by atoms with Crippen LogP contribution in [0.2, 0.25) is 0 Å². The largest absolute Gasteiger partial charge is 0.361 e. The summed E-state index contributed by atoms with van der Waals surface area (Å²) in [5.41, 5.74) is 2.98. The second kappa shape index (κ2) is 7.40. The maximum atomic E-state index is 12.2. The number of rotatable bonds is 6. The molecule has 1 N–H and O–H groups in total. The highest BCUT2D eigenvalue weighted by Gasteiger charge is 2.21. The molecular formula is C18H19N5O4. The fourth-order valence-corrected chi connectivity index (χ4v) is 2.81. The highest BCUT2D eigenvalue weighted by atomic mass is 16.6. The molecule has 0 aliphatic heterocycles. The number of aromatic nitrogens is 3. The Balaban J connectivity index is 1.66. The van der Waals surface area contributed by atoms with Gasteiger partial charge in [-0.15, -0.1) is 0 Å². The number of aryl methyl sites for hydroxylation is 2. The van der Waals surface area contributed by atoms with Crippen molar-refractivity contribution in [2.24, 2.45) is 0 Å². The first-order valence-corrected chi connectivity index (χ1v) is 8.33. The lowest BCUT2D eigenvalue weighted by molar-refractivity contribution is -0.386. The summed E-state index contributed by atoms with van der Waals surface area (Å²) in [6, 6.07) is 8.78. The molecular weight excluding hydrogens is 350 g/mol. The molecule has 0 saturated carbocycles. The summed E-state index contributed by atoms with van der Waals surface area (Å²) in [5.74, 6) is 0.469. The molecule has 0 unspecified atom stereocenters. The van der Waals surface area contributed by atoms with Gasteiger partial charge in [0.25, 0.3) is 5.91 Å². The molecule has 0 fully saturated rings. The maximum absolute atomic E-state index is 12.2. The van der Waals surface area contributed by atoms with Gasteiger partial charge in [-0.3, -0.25) is 19.6 Å². The summed E-state index contributed by atoms with van der Waals surface area (Å²) in [5, 5.41) is 21.9. The quantitative estimate of drug-likeness (QED) is 0.527. The molecule has 0 atom stereocenters. The number of amides is 1. The van der Waals surface area contributed by atoms with Crippen LogP contribution in [-0.4, -0.2) is 25.8 Å². The van der Waals surface area contributed by atoms with E-state index in [0.717, 1.165) is 5.56 Å². The average Bonchev–Trinajstić information content (AvgIpc) is 3.16. The van der Waals surface area contributed by atoms with E-state index in [1.165, 1.54) is 0 Å². The minimum Gasteiger partial charge on any atom is -0.361 e. The highest BCUT2D eigenvalue weighted by Crippen LogP contribution is 2.22. The first-order valence-electron chi connectivity index (χ1n) is 8.33. The number of nitrogens with zero attached hydrogens (tertiary/aromatic N) is 4. The lowest BCUT2D eigenvalue weighted by Crippen LogP contribution is -2.22. The summed E-state index contributed by atoms with van der Waals surface area (Å²) >= 11 is 0. The van der Waals surface area contributed by atoms with Crippen molar-refractivity contribution in [3.8, 4) is 0 Å². The van der Waals surface area contributed by atoms with E-state index in [-0.39, 0.29) is 18.1 Å². The lowest BCUT2D eigenvalue weighted by Gasteiger charge is -2.06. The van der Waals surface area contributed by atoms with E-state index >= 15 is 0 Å². The van der Waals surface area contributed by atoms with Crippen molar-refractivity contribution in [2.75, 3.05) is 0 Å². The minimum absolute atomic E-state index is 0.0362. The fourth-order valence-electron chi connectivity index (χ4n) is 2.81. The zero-order valence-corrected chi connectivity index (χ0v) is 15.2. The van der Waals surface area contributed by atoms with Crippen LogP contribution >= 0.6 is 0 Å². The van der Waals surface area contributed by atoms with Crippen molar-refractivity contribution in [1.82, 2.24) is 20.3 Å². The monoisotopic (exact) mass is 369 g/mol. The molecule has 27 heavy (non-hydrogen) atoms. The number of hydrogen-bond donors (Lipinski definition) is 1. The van der Waals surface area contributed by atoms with Crippen LogP contribution in [0.15, 0.2) is 34.9 Å². The molecule has 9 heteroatoms. The molecule has 0 aliphatic rings. The Kier molecular flexibility index (Phi) is 5.02. The number of nitro groups is 1. The molecule has 0 radical (unpaired) electrons. The van der Waals surface area contributed by atoms with Crippen LogP contribution in [0.1, 0.15) is 38.8 Å². The molecule has 0 aliphatic carbocycles. The normalized spacial score (nSPS) is 10.8. The van der Waals surface area contributed by atoms with Crippen molar-refractivity contribution in [3.05, 3.63) is 74.4 Å². The zero-order chi connectivity index (χ0) is 19.6. The maximum Gasteiger partial charge on any atom is 0.312 e. The van der Waals surface area contributed by atoms with Crippen molar-refractivity contribution in [3.63, 3.8) is 0 Å². The zero-order valence-electron chi connectivity index (χ0n) is 15.2. The van der Waals surface area contributed by atoms with Gasteiger partial charge in [-0.1, -0.05) is 17.3 Å².